The van der Waals surface area contributed by atoms with Crippen molar-refractivity contribution in [3.63, 3.8) is 0 Å². The van der Waals surface area contributed by atoms with E-state index in [0.29, 0.717) is 17.1 Å². The summed E-state index contributed by atoms with van der Waals surface area (Å²) in [5.41, 5.74) is 3.30. The van der Waals surface area contributed by atoms with Crippen LogP contribution in [0.15, 0.2) is 36.5 Å². The van der Waals surface area contributed by atoms with Crippen LogP contribution in [0.4, 0.5) is 5.69 Å². The molecule has 8 nitrogen and oxygen atoms in total. The van der Waals surface area contributed by atoms with E-state index >= 15 is 0 Å². The second kappa shape index (κ2) is 8.18. The third-order valence-corrected chi connectivity index (χ3v) is 5.49. The summed E-state index contributed by atoms with van der Waals surface area (Å²) in [4.78, 5) is 30.2. The molecule has 3 heterocycles. The molecule has 0 unspecified atom stereocenters. The van der Waals surface area contributed by atoms with Crippen molar-refractivity contribution in [2.24, 2.45) is 0 Å². The Kier molecular flexibility index (Phi) is 5.46. The van der Waals surface area contributed by atoms with Crippen LogP contribution in [0.25, 0.3) is 0 Å². The van der Waals surface area contributed by atoms with Gasteiger partial charge in [0.2, 0.25) is 5.88 Å². The number of ether oxygens (including phenoxy) is 1. The molecule has 2 aromatic rings. The number of carbonyl (C=O) groups excluding carboxylic acids is 2. The molecule has 1 aromatic carbocycles. The summed E-state index contributed by atoms with van der Waals surface area (Å²) < 4.78 is 5.19. The maximum Gasteiger partial charge on any atom is 0.262 e. The van der Waals surface area contributed by atoms with Gasteiger partial charge in [-0.1, -0.05) is 24.3 Å². The van der Waals surface area contributed by atoms with Crippen LogP contribution in [0.1, 0.15) is 28.4 Å². The highest BCUT2D eigenvalue weighted by Gasteiger charge is 2.26. The number of anilines is 1. The lowest BCUT2D eigenvalue weighted by Crippen LogP contribution is -2.48. The molecule has 0 fully saturated rings. The Hall–Kier alpha value is -2.97. The fourth-order valence-electron chi connectivity index (χ4n) is 3.68. The van der Waals surface area contributed by atoms with Gasteiger partial charge < -0.3 is 20.5 Å². The Bertz CT molecular complexity index is 933. The highest BCUT2D eigenvalue weighted by atomic mass is 16.5. The minimum absolute atomic E-state index is 0.0867. The Morgan fingerprint density at radius 1 is 1.38 bits per heavy atom. The lowest BCUT2D eigenvalue weighted by Gasteiger charge is -2.36. The SMILES string of the molecule is C[C@H]([C@@H](O)CNC(=O)c1cnc2c(c1)NC(=O)CO2)N1CCc2ccccc2C1. The summed E-state index contributed by atoms with van der Waals surface area (Å²) in [6.07, 6.45) is 1.63. The van der Waals surface area contributed by atoms with Crippen molar-refractivity contribution in [3.8, 4) is 5.88 Å². The number of hydrogen-bond donors (Lipinski definition) is 3. The third-order valence-electron chi connectivity index (χ3n) is 5.49. The van der Waals surface area contributed by atoms with Crippen LogP contribution in [0.5, 0.6) is 5.88 Å². The molecule has 0 bridgehead atoms. The van der Waals surface area contributed by atoms with Gasteiger partial charge in [0, 0.05) is 31.9 Å². The molecule has 2 atom stereocenters. The quantitative estimate of drug-likeness (QED) is 0.695. The number of nitrogens with zero attached hydrogens (tertiary/aromatic N) is 2. The molecule has 29 heavy (non-hydrogen) atoms. The van der Waals surface area contributed by atoms with Crippen LogP contribution in [-0.2, 0) is 17.8 Å². The monoisotopic (exact) mass is 396 g/mol. The first-order chi connectivity index (χ1) is 14.0. The topological polar surface area (TPSA) is 104 Å². The summed E-state index contributed by atoms with van der Waals surface area (Å²) in [5.74, 6) is -0.361. The minimum atomic E-state index is -0.710. The lowest BCUT2D eigenvalue weighted by atomic mass is 9.98. The van der Waals surface area contributed by atoms with Gasteiger partial charge in [0.05, 0.1) is 11.7 Å². The Morgan fingerprint density at radius 3 is 3.00 bits per heavy atom. The van der Waals surface area contributed by atoms with Gasteiger partial charge in [0.25, 0.3) is 11.8 Å². The largest absolute Gasteiger partial charge is 0.466 e. The first-order valence-corrected chi connectivity index (χ1v) is 9.71. The standard InChI is InChI=1S/C21H24N4O4/c1-13(25-7-6-14-4-2-3-5-15(14)11-25)18(26)10-22-20(28)16-8-17-21(23-9-16)29-12-19(27)24-17/h2-5,8-9,13,18,26H,6-7,10-12H2,1H3,(H,22,28)(H,24,27)/t13-,18+/m1/s1. The molecule has 0 saturated heterocycles. The van der Waals surface area contributed by atoms with Crippen molar-refractivity contribution in [2.75, 3.05) is 25.0 Å². The van der Waals surface area contributed by atoms with E-state index in [9.17, 15) is 14.7 Å². The fraction of sp³-hybridized carbons (Fsp3) is 0.381. The number of nitrogens with one attached hydrogen (secondary N) is 2. The van der Waals surface area contributed by atoms with Crippen LogP contribution in [0.2, 0.25) is 0 Å². The minimum Gasteiger partial charge on any atom is -0.466 e. The number of aliphatic hydroxyl groups is 1. The summed E-state index contributed by atoms with van der Waals surface area (Å²) >= 11 is 0. The number of amides is 2. The molecule has 3 N–H and O–H groups in total. The fourth-order valence-corrected chi connectivity index (χ4v) is 3.68. The first kappa shape index (κ1) is 19.4. The summed E-state index contributed by atoms with van der Waals surface area (Å²) in [6, 6.07) is 9.77. The molecule has 2 aliphatic heterocycles. The van der Waals surface area contributed by atoms with E-state index < -0.39 is 6.10 Å². The van der Waals surface area contributed by atoms with E-state index in [1.165, 1.54) is 23.4 Å². The van der Waals surface area contributed by atoms with E-state index in [4.69, 9.17) is 4.74 Å². The number of fused-ring (bicyclic) bond motifs is 2. The van der Waals surface area contributed by atoms with Crippen molar-refractivity contribution in [1.29, 1.82) is 0 Å². The molecule has 0 radical (unpaired) electrons. The van der Waals surface area contributed by atoms with E-state index in [0.717, 1.165) is 19.5 Å². The van der Waals surface area contributed by atoms with Crippen molar-refractivity contribution in [1.82, 2.24) is 15.2 Å². The molecular weight excluding hydrogens is 372 g/mol. The zero-order valence-electron chi connectivity index (χ0n) is 16.2. The van der Waals surface area contributed by atoms with Gasteiger partial charge in [-0.25, -0.2) is 4.98 Å². The molecule has 152 valence electrons. The van der Waals surface area contributed by atoms with Crippen molar-refractivity contribution < 1.29 is 19.4 Å². The van der Waals surface area contributed by atoms with Gasteiger partial charge in [0.15, 0.2) is 6.61 Å². The van der Waals surface area contributed by atoms with Crippen molar-refractivity contribution >= 4 is 17.5 Å². The molecular formula is C21H24N4O4. The second-order valence-corrected chi connectivity index (χ2v) is 7.42. The van der Waals surface area contributed by atoms with Crippen molar-refractivity contribution in [2.45, 2.75) is 32.0 Å². The van der Waals surface area contributed by atoms with Gasteiger partial charge in [-0.3, -0.25) is 14.5 Å². The zero-order chi connectivity index (χ0) is 20.4. The van der Waals surface area contributed by atoms with E-state index in [1.807, 2.05) is 13.0 Å². The van der Waals surface area contributed by atoms with Crippen LogP contribution in [-0.4, -0.2) is 58.6 Å². The van der Waals surface area contributed by atoms with Crippen LogP contribution in [0.3, 0.4) is 0 Å². The molecule has 0 aliphatic carbocycles. The maximum atomic E-state index is 12.4. The average molecular weight is 396 g/mol. The van der Waals surface area contributed by atoms with Gasteiger partial charge in [-0.05, 0) is 30.5 Å². The number of aromatic nitrogens is 1. The van der Waals surface area contributed by atoms with E-state index in [2.05, 4.69) is 38.7 Å². The lowest BCUT2D eigenvalue weighted by molar-refractivity contribution is -0.118. The average Bonchev–Trinajstić information content (AvgIpc) is 2.75. The predicted octanol–water partition coefficient (Wildman–Crippen LogP) is 0.950. The molecule has 1 aromatic heterocycles. The Balaban J connectivity index is 1.33. The first-order valence-electron chi connectivity index (χ1n) is 9.71. The smallest absolute Gasteiger partial charge is 0.262 e. The maximum absolute atomic E-state index is 12.4. The third kappa shape index (κ3) is 4.23. The van der Waals surface area contributed by atoms with E-state index in [-0.39, 0.29) is 31.0 Å². The second-order valence-electron chi connectivity index (χ2n) is 7.42. The van der Waals surface area contributed by atoms with Gasteiger partial charge in [-0.2, -0.15) is 0 Å². The number of hydrogen-bond acceptors (Lipinski definition) is 6. The number of carbonyl (C=O) groups is 2. The Labute approximate surface area is 168 Å². The molecule has 0 saturated carbocycles. The molecule has 2 aliphatic rings. The molecule has 0 spiro atoms. The summed E-state index contributed by atoms with van der Waals surface area (Å²) in [7, 11) is 0. The van der Waals surface area contributed by atoms with Gasteiger partial charge in [0.1, 0.15) is 5.69 Å². The number of aliphatic hydroxyl groups excluding tert-OH is 1. The Morgan fingerprint density at radius 2 is 2.17 bits per heavy atom. The number of pyridine rings is 1. The zero-order valence-corrected chi connectivity index (χ0v) is 16.2. The van der Waals surface area contributed by atoms with Gasteiger partial charge >= 0.3 is 0 Å². The predicted molar refractivity (Wildman–Crippen MR) is 107 cm³/mol. The van der Waals surface area contributed by atoms with Crippen molar-refractivity contribution in [3.05, 3.63) is 53.2 Å². The van der Waals surface area contributed by atoms with Crippen LogP contribution >= 0.6 is 0 Å². The van der Waals surface area contributed by atoms with Gasteiger partial charge in [-0.15, -0.1) is 0 Å². The normalized spacial score (nSPS) is 17.9. The number of benzene rings is 1. The highest BCUT2D eigenvalue weighted by Crippen LogP contribution is 2.25. The molecule has 8 heteroatoms. The molecule has 2 amide bonds. The van der Waals surface area contributed by atoms with E-state index in [1.54, 1.807) is 0 Å². The summed E-state index contributed by atoms with van der Waals surface area (Å²) in [6.45, 7) is 3.67. The highest BCUT2D eigenvalue weighted by molar-refractivity contribution is 5.99. The van der Waals surface area contributed by atoms with Crippen LogP contribution in [0, 0.1) is 0 Å². The number of rotatable bonds is 5. The molecule has 4 rings (SSSR count). The summed E-state index contributed by atoms with van der Waals surface area (Å²) in [5, 5.41) is 16.0. The van der Waals surface area contributed by atoms with Crippen LogP contribution < -0.4 is 15.4 Å².